The van der Waals surface area contributed by atoms with Crippen molar-refractivity contribution in [3.8, 4) is 28.0 Å². The smallest absolute Gasteiger partial charge is 0.167 e. The van der Waals surface area contributed by atoms with E-state index in [0.717, 1.165) is 5.56 Å². The summed E-state index contributed by atoms with van der Waals surface area (Å²) in [4.78, 5) is 0. The zero-order valence-electron chi connectivity index (χ0n) is 18.9. The second-order valence-corrected chi connectivity index (χ2v) is 7.43. The van der Waals surface area contributed by atoms with Crippen LogP contribution in [0, 0.1) is 11.6 Å². The highest BCUT2D eigenvalue weighted by Crippen LogP contribution is 2.32. The molecule has 0 N–H and O–H groups in total. The van der Waals surface area contributed by atoms with Gasteiger partial charge in [0.15, 0.2) is 17.5 Å². The third-order valence-electron chi connectivity index (χ3n) is 5.05. The summed E-state index contributed by atoms with van der Waals surface area (Å²) in [6, 6.07) is 16.6. The Kier molecular flexibility index (Phi) is 8.14. The van der Waals surface area contributed by atoms with Crippen molar-refractivity contribution in [2.75, 3.05) is 13.2 Å². The minimum atomic E-state index is -0.928. The highest BCUT2D eigenvalue weighted by molar-refractivity contribution is 5.72. The van der Waals surface area contributed by atoms with Crippen LogP contribution in [0.25, 0.3) is 28.3 Å². The number of benzene rings is 3. The Bertz CT molecular complexity index is 1220. The molecule has 0 aliphatic heterocycles. The van der Waals surface area contributed by atoms with Crippen LogP contribution < -0.4 is 4.74 Å². The molecule has 0 amide bonds. The lowest BCUT2D eigenvalue weighted by molar-refractivity contribution is 0.226. The van der Waals surface area contributed by atoms with E-state index < -0.39 is 17.5 Å². The average Bonchev–Trinajstić information content (AvgIpc) is 2.85. The molecule has 3 aromatic rings. The number of hydrogen-bond donors (Lipinski definition) is 0. The van der Waals surface area contributed by atoms with Gasteiger partial charge in [0.05, 0.1) is 6.61 Å². The lowest BCUT2D eigenvalue weighted by Gasteiger charge is -2.11. The SMILES string of the molecule is C=Cc1ccc(-c2ccc(-c3ccc(OCC(=C)/C=C(/F)C(=C)OCC)cc3)c(F)c2F)cc1. The van der Waals surface area contributed by atoms with Crippen LogP contribution >= 0.6 is 0 Å². The highest BCUT2D eigenvalue weighted by atomic mass is 19.2. The van der Waals surface area contributed by atoms with Crippen molar-refractivity contribution in [2.45, 2.75) is 6.92 Å². The van der Waals surface area contributed by atoms with Gasteiger partial charge in [-0.3, -0.25) is 0 Å². The first-order chi connectivity index (χ1) is 16.3. The molecule has 0 aliphatic rings. The number of halogens is 3. The van der Waals surface area contributed by atoms with Crippen LogP contribution in [-0.2, 0) is 4.74 Å². The molecule has 174 valence electrons. The predicted octanol–water partition coefficient (Wildman–Crippen LogP) is 8.28. The highest BCUT2D eigenvalue weighted by Gasteiger charge is 2.16. The van der Waals surface area contributed by atoms with Crippen molar-refractivity contribution in [2.24, 2.45) is 0 Å². The van der Waals surface area contributed by atoms with E-state index in [4.69, 9.17) is 9.47 Å². The van der Waals surface area contributed by atoms with Gasteiger partial charge in [0.2, 0.25) is 0 Å². The molecule has 0 atom stereocenters. The minimum absolute atomic E-state index is 0.0362. The third kappa shape index (κ3) is 5.87. The van der Waals surface area contributed by atoms with Crippen molar-refractivity contribution in [1.82, 2.24) is 0 Å². The minimum Gasteiger partial charge on any atom is -0.491 e. The molecule has 3 rings (SSSR count). The number of allylic oxidation sites excluding steroid dienone is 1. The van der Waals surface area contributed by atoms with Crippen LogP contribution in [0.15, 0.2) is 104 Å². The third-order valence-corrected chi connectivity index (χ3v) is 5.05. The molecular weight excluding hydrogens is 437 g/mol. The van der Waals surface area contributed by atoms with Crippen molar-refractivity contribution >= 4 is 6.08 Å². The van der Waals surface area contributed by atoms with Gasteiger partial charge in [-0.05, 0) is 47.4 Å². The zero-order chi connectivity index (χ0) is 24.7. The topological polar surface area (TPSA) is 18.5 Å². The molecule has 0 fully saturated rings. The van der Waals surface area contributed by atoms with Gasteiger partial charge in [-0.25, -0.2) is 13.2 Å². The maximum atomic E-state index is 14.9. The van der Waals surface area contributed by atoms with Gasteiger partial charge in [-0.1, -0.05) is 74.3 Å². The van der Waals surface area contributed by atoms with Crippen LogP contribution in [-0.4, -0.2) is 13.2 Å². The normalized spacial score (nSPS) is 11.1. The molecule has 0 aliphatic carbocycles. The summed E-state index contributed by atoms with van der Waals surface area (Å²) >= 11 is 0. The van der Waals surface area contributed by atoms with Gasteiger partial charge in [0.1, 0.15) is 18.1 Å². The summed E-state index contributed by atoms with van der Waals surface area (Å²) in [6.45, 7) is 13.0. The second-order valence-electron chi connectivity index (χ2n) is 7.43. The number of hydrogen-bond acceptors (Lipinski definition) is 2. The van der Waals surface area contributed by atoms with E-state index >= 15 is 0 Å². The second kappa shape index (κ2) is 11.2. The molecule has 0 unspecified atom stereocenters. The zero-order valence-corrected chi connectivity index (χ0v) is 18.9. The first-order valence-corrected chi connectivity index (χ1v) is 10.6. The molecule has 2 nitrogen and oxygen atoms in total. The lowest BCUT2D eigenvalue weighted by atomic mass is 9.98. The summed E-state index contributed by atoms with van der Waals surface area (Å²) < 4.78 is 54.2. The molecule has 0 aromatic heterocycles. The van der Waals surface area contributed by atoms with Crippen molar-refractivity contribution in [3.05, 3.63) is 121 Å². The summed E-state index contributed by atoms with van der Waals surface area (Å²) in [5.74, 6) is -2.06. The monoisotopic (exact) mass is 462 g/mol. The molecule has 0 saturated carbocycles. The molecular formula is C29H25F3O2. The summed E-state index contributed by atoms with van der Waals surface area (Å²) in [6.07, 6.45) is 2.87. The molecule has 0 radical (unpaired) electrons. The Balaban J connectivity index is 1.71. The van der Waals surface area contributed by atoms with Gasteiger partial charge in [0, 0.05) is 11.1 Å². The van der Waals surface area contributed by atoms with Gasteiger partial charge in [0.25, 0.3) is 0 Å². The first-order valence-electron chi connectivity index (χ1n) is 10.6. The van der Waals surface area contributed by atoms with Crippen molar-refractivity contribution in [3.63, 3.8) is 0 Å². The van der Waals surface area contributed by atoms with Crippen LogP contribution in [0.2, 0.25) is 0 Å². The molecule has 3 aromatic carbocycles. The van der Waals surface area contributed by atoms with Gasteiger partial charge in [-0.2, -0.15) is 0 Å². The number of ether oxygens (including phenoxy) is 2. The standard InChI is InChI=1S/C29H25F3O2/c1-5-21-7-9-22(10-8-21)25-15-16-26(29(32)28(25)31)23-11-13-24(14-12-23)34-18-19(3)17-27(30)20(4)33-6-2/h5,7-17H,1,3-4,6,18H2,2H3/b27-17+. The average molecular weight is 463 g/mol. The molecule has 0 spiro atoms. The summed E-state index contributed by atoms with van der Waals surface area (Å²) in [5, 5.41) is 0. The van der Waals surface area contributed by atoms with Crippen LogP contribution in [0.3, 0.4) is 0 Å². The van der Waals surface area contributed by atoms with Gasteiger partial charge in [-0.15, -0.1) is 0 Å². The molecule has 5 heteroatoms. The van der Waals surface area contributed by atoms with Crippen LogP contribution in [0.1, 0.15) is 12.5 Å². The molecule has 0 saturated heterocycles. The molecule has 34 heavy (non-hydrogen) atoms. The Morgan fingerprint density at radius 2 is 1.38 bits per heavy atom. The van der Waals surface area contributed by atoms with Crippen LogP contribution in [0.4, 0.5) is 13.2 Å². The fourth-order valence-electron chi connectivity index (χ4n) is 3.25. The Morgan fingerprint density at radius 1 is 0.853 bits per heavy atom. The van der Waals surface area contributed by atoms with Crippen molar-refractivity contribution < 1.29 is 22.6 Å². The fraction of sp³-hybridized carbons (Fsp3) is 0.103. The molecule has 0 bridgehead atoms. The van der Waals surface area contributed by atoms with E-state index in [1.54, 1.807) is 73.7 Å². The maximum Gasteiger partial charge on any atom is 0.167 e. The Morgan fingerprint density at radius 3 is 1.88 bits per heavy atom. The van der Waals surface area contributed by atoms with Crippen molar-refractivity contribution in [1.29, 1.82) is 0 Å². The van der Waals surface area contributed by atoms with Gasteiger partial charge >= 0.3 is 0 Å². The van der Waals surface area contributed by atoms with Gasteiger partial charge < -0.3 is 9.47 Å². The fourth-order valence-corrected chi connectivity index (χ4v) is 3.25. The van der Waals surface area contributed by atoms with Crippen LogP contribution in [0.5, 0.6) is 5.75 Å². The lowest BCUT2D eigenvalue weighted by Crippen LogP contribution is -2.00. The molecule has 0 heterocycles. The maximum absolute atomic E-state index is 14.9. The Hall–Kier alpha value is -3.99. The van der Waals surface area contributed by atoms with E-state index in [9.17, 15) is 13.2 Å². The summed E-state index contributed by atoms with van der Waals surface area (Å²) in [5.41, 5.74) is 2.67. The summed E-state index contributed by atoms with van der Waals surface area (Å²) in [7, 11) is 0. The quantitative estimate of drug-likeness (QED) is 0.223. The Labute approximate surface area is 198 Å². The predicted molar refractivity (Wildman–Crippen MR) is 132 cm³/mol. The number of rotatable bonds is 10. The van der Waals surface area contributed by atoms with E-state index in [1.807, 2.05) is 0 Å². The van der Waals surface area contributed by atoms with E-state index in [0.29, 0.717) is 29.1 Å². The first kappa shape index (κ1) is 24.6. The van der Waals surface area contributed by atoms with E-state index in [1.165, 1.54) is 6.08 Å². The largest absolute Gasteiger partial charge is 0.491 e. The van der Waals surface area contributed by atoms with E-state index in [2.05, 4.69) is 19.7 Å². The van der Waals surface area contributed by atoms with E-state index in [-0.39, 0.29) is 23.5 Å².